The number of hydrogen-bond donors (Lipinski definition) is 2. The smallest absolute Gasteiger partial charge is 0.243 e. The molecule has 3 N–H and O–H groups in total. The number of hydrogen-bond acceptors (Lipinski definition) is 3. The average Bonchev–Trinajstić information content (AvgIpc) is 2.35. The van der Waals surface area contributed by atoms with Crippen molar-refractivity contribution in [1.29, 1.82) is 0 Å². The van der Waals surface area contributed by atoms with Crippen LogP contribution < -0.4 is 10.5 Å². The summed E-state index contributed by atoms with van der Waals surface area (Å²) in [5.41, 5.74) is 5.23. The maximum absolute atomic E-state index is 13.5. The Hall–Kier alpha value is -0.980. The number of halogens is 1. The highest BCUT2D eigenvalue weighted by molar-refractivity contribution is 7.89. The largest absolute Gasteiger partial charge is 0.330 e. The first-order valence-corrected chi connectivity index (χ1v) is 7.71. The van der Waals surface area contributed by atoms with Crippen molar-refractivity contribution in [1.82, 2.24) is 4.72 Å². The number of nitrogens with two attached hydrogens (primary N) is 1. The van der Waals surface area contributed by atoms with E-state index in [-0.39, 0.29) is 16.9 Å². The molecule has 19 heavy (non-hydrogen) atoms. The monoisotopic (exact) mass is 288 g/mol. The Morgan fingerprint density at radius 1 is 1.32 bits per heavy atom. The van der Waals surface area contributed by atoms with Crippen LogP contribution >= 0.6 is 0 Å². The van der Waals surface area contributed by atoms with Gasteiger partial charge in [0.2, 0.25) is 10.0 Å². The molecule has 6 heteroatoms. The normalized spacial score (nSPS) is 12.6. The Bertz CT molecular complexity index is 515. The fourth-order valence-corrected chi connectivity index (χ4v) is 3.02. The highest BCUT2D eigenvalue weighted by atomic mass is 32.2. The van der Waals surface area contributed by atoms with Gasteiger partial charge in [-0.3, -0.25) is 0 Å². The fourth-order valence-electron chi connectivity index (χ4n) is 1.70. The van der Waals surface area contributed by atoms with E-state index < -0.39 is 15.8 Å². The van der Waals surface area contributed by atoms with Crippen molar-refractivity contribution in [2.45, 2.75) is 31.6 Å². The fraction of sp³-hybridized carbons (Fsp3) is 0.538. The molecule has 0 aromatic heterocycles. The Morgan fingerprint density at radius 2 is 1.95 bits per heavy atom. The molecule has 0 atom stereocenters. The summed E-state index contributed by atoms with van der Waals surface area (Å²) in [7, 11) is -3.81. The second-order valence-electron chi connectivity index (χ2n) is 5.31. The first-order chi connectivity index (χ1) is 8.78. The lowest BCUT2D eigenvalue weighted by atomic mass is 9.88. The van der Waals surface area contributed by atoms with Crippen molar-refractivity contribution in [3.8, 4) is 0 Å². The summed E-state index contributed by atoms with van der Waals surface area (Å²) in [6.07, 6.45) is 1.64. The third kappa shape index (κ3) is 4.89. The molecule has 108 valence electrons. The predicted octanol–water partition coefficient (Wildman–Crippen LogP) is 1.87. The van der Waals surface area contributed by atoms with Gasteiger partial charge in [0.1, 0.15) is 10.7 Å². The van der Waals surface area contributed by atoms with Crippen molar-refractivity contribution in [2.75, 3.05) is 13.1 Å². The number of benzene rings is 1. The molecule has 4 nitrogen and oxygen atoms in total. The Labute approximate surface area is 114 Å². The standard InChI is InChI=1S/C13H21FN2O2S/c1-13(2,8-5-9-15)10-16-19(17,18)12-7-4-3-6-11(12)14/h3-4,6-7,16H,5,8-10,15H2,1-2H3. The molecule has 0 fully saturated rings. The van der Waals surface area contributed by atoms with Crippen LogP contribution in [0.2, 0.25) is 0 Å². The van der Waals surface area contributed by atoms with Crippen molar-refractivity contribution < 1.29 is 12.8 Å². The van der Waals surface area contributed by atoms with E-state index in [4.69, 9.17) is 5.73 Å². The zero-order chi connectivity index (χ0) is 14.5. The van der Waals surface area contributed by atoms with Crippen molar-refractivity contribution in [3.63, 3.8) is 0 Å². The molecule has 0 aliphatic rings. The predicted molar refractivity (Wildman–Crippen MR) is 73.7 cm³/mol. The molecule has 0 heterocycles. The Kier molecular flexibility index (Phi) is 5.46. The number of sulfonamides is 1. The molecule has 1 rings (SSSR count). The van der Waals surface area contributed by atoms with E-state index in [1.165, 1.54) is 18.2 Å². The van der Waals surface area contributed by atoms with Gasteiger partial charge >= 0.3 is 0 Å². The summed E-state index contributed by atoms with van der Waals surface area (Å²) >= 11 is 0. The second-order valence-corrected chi connectivity index (χ2v) is 7.05. The molecule has 0 spiro atoms. The first kappa shape index (κ1) is 16.1. The van der Waals surface area contributed by atoms with Crippen LogP contribution in [0.4, 0.5) is 4.39 Å². The Balaban J connectivity index is 2.74. The maximum Gasteiger partial charge on any atom is 0.243 e. The van der Waals surface area contributed by atoms with Gasteiger partial charge in [-0.05, 0) is 36.9 Å². The summed E-state index contributed by atoms with van der Waals surface area (Å²) in [6.45, 7) is 4.73. The van der Waals surface area contributed by atoms with E-state index in [1.54, 1.807) is 0 Å². The topological polar surface area (TPSA) is 72.2 Å². The van der Waals surface area contributed by atoms with E-state index in [2.05, 4.69) is 4.72 Å². The molecule has 0 bridgehead atoms. The lowest BCUT2D eigenvalue weighted by Gasteiger charge is -2.24. The zero-order valence-electron chi connectivity index (χ0n) is 11.3. The van der Waals surface area contributed by atoms with E-state index in [0.29, 0.717) is 6.54 Å². The quantitative estimate of drug-likeness (QED) is 0.804. The maximum atomic E-state index is 13.5. The summed E-state index contributed by atoms with van der Waals surface area (Å²) < 4.78 is 39.9. The van der Waals surface area contributed by atoms with Crippen LogP contribution in [-0.4, -0.2) is 21.5 Å². The highest BCUT2D eigenvalue weighted by Crippen LogP contribution is 2.22. The van der Waals surface area contributed by atoms with Gasteiger partial charge in [0.15, 0.2) is 0 Å². The molecule has 0 saturated carbocycles. The van der Waals surface area contributed by atoms with Crippen LogP contribution in [-0.2, 0) is 10.0 Å². The summed E-state index contributed by atoms with van der Waals surface area (Å²) in [6, 6.07) is 5.34. The summed E-state index contributed by atoms with van der Waals surface area (Å²) in [4.78, 5) is -0.315. The highest BCUT2D eigenvalue weighted by Gasteiger charge is 2.23. The lowest BCUT2D eigenvalue weighted by Crippen LogP contribution is -2.34. The molecule has 0 amide bonds. The molecule has 0 unspecified atom stereocenters. The van der Waals surface area contributed by atoms with Crippen LogP contribution in [0.15, 0.2) is 29.2 Å². The van der Waals surface area contributed by atoms with Gasteiger partial charge in [-0.1, -0.05) is 26.0 Å². The lowest BCUT2D eigenvalue weighted by molar-refractivity contribution is 0.327. The molecular weight excluding hydrogens is 267 g/mol. The molecular formula is C13H21FN2O2S. The van der Waals surface area contributed by atoms with Gasteiger partial charge in [0, 0.05) is 6.54 Å². The third-order valence-corrected chi connectivity index (χ3v) is 4.36. The van der Waals surface area contributed by atoms with Crippen LogP contribution in [0, 0.1) is 11.2 Å². The summed E-state index contributed by atoms with van der Waals surface area (Å²) in [5, 5.41) is 0. The second kappa shape index (κ2) is 6.45. The van der Waals surface area contributed by atoms with Crippen molar-refractivity contribution >= 4 is 10.0 Å². The van der Waals surface area contributed by atoms with Gasteiger partial charge in [-0.2, -0.15) is 0 Å². The van der Waals surface area contributed by atoms with Crippen LogP contribution in [0.1, 0.15) is 26.7 Å². The van der Waals surface area contributed by atoms with Crippen LogP contribution in [0.5, 0.6) is 0 Å². The van der Waals surface area contributed by atoms with Gasteiger partial charge in [-0.25, -0.2) is 17.5 Å². The van der Waals surface area contributed by atoms with Crippen molar-refractivity contribution in [3.05, 3.63) is 30.1 Å². The van der Waals surface area contributed by atoms with Crippen LogP contribution in [0.25, 0.3) is 0 Å². The minimum absolute atomic E-state index is 0.211. The molecule has 0 radical (unpaired) electrons. The van der Waals surface area contributed by atoms with Gasteiger partial charge < -0.3 is 5.73 Å². The minimum Gasteiger partial charge on any atom is -0.330 e. The van der Waals surface area contributed by atoms with Gasteiger partial charge in [0.25, 0.3) is 0 Å². The average molecular weight is 288 g/mol. The SMILES string of the molecule is CC(C)(CCCN)CNS(=O)(=O)c1ccccc1F. The first-order valence-electron chi connectivity index (χ1n) is 6.23. The summed E-state index contributed by atoms with van der Waals surface area (Å²) in [5.74, 6) is -0.741. The molecule has 0 saturated heterocycles. The zero-order valence-corrected chi connectivity index (χ0v) is 12.1. The molecule has 1 aromatic rings. The van der Waals surface area contributed by atoms with Crippen molar-refractivity contribution in [2.24, 2.45) is 11.1 Å². The van der Waals surface area contributed by atoms with E-state index in [0.717, 1.165) is 18.9 Å². The van der Waals surface area contributed by atoms with Crippen LogP contribution in [0.3, 0.4) is 0 Å². The minimum atomic E-state index is -3.81. The number of rotatable bonds is 7. The van der Waals surface area contributed by atoms with Gasteiger partial charge in [0.05, 0.1) is 0 Å². The molecule has 0 aliphatic carbocycles. The Morgan fingerprint density at radius 3 is 2.53 bits per heavy atom. The molecule has 0 aliphatic heterocycles. The van der Waals surface area contributed by atoms with Gasteiger partial charge in [-0.15, -0.1) is 0 Å². The number of nitrogens with one attached hydrogen (secondary N) is 1. The van der Waals surface area contributed by atoms with E-state index >= 15 is 0 Å². The third-order valence-electron chi connectivity index (χ3n) is 2.92. The van der Waals surface area contributed by atoms with E-state index in [1.807, 2.05) is 13.8 Å². The molecule has 1 aromatic carbocycles. The van der Waals surface area contributed by atoms with E-state index in [9.17, 15) is 12.8 Å².